The maximum absolute atomic E-state index is 11.3. The molecular formula is C12H18N4O3S2. The molecule has 7 nitrogen and oxygen atoms in total. The van der Waals surface area contributed by atoms with Crippen molar-refractivity contribution in [2.75, 3.05) is 23.9 Å². The number of anilines is 1. The Morgan fingerprint density at radius 3 is 2.86 bits per heavy atom. The van der Waals surface area contributed by atoms with Crippen molar-refractivity contribution in [1.82, 2.24) is 9.97 Å². The number of benzene rings is 1. The summed E-state index contributed by atoms with van der Waals surface area (Å²) in [7, 11) is -3.74. The normalized spacial score (nSPS) is 15.0. The molecule has 5 N–H and O–H groups in total. The molecule has 1 atom stereocenters. The molecule has 0 spiro atoms. The third kappa shape index (κ3) is 4.10. The van der Waals surface area contributed by atoms with Crippen molar-refractivity contribution < 1.29 is 13.5 Å². The fourth-order valence-electron chi connectivity index (χ4n) is 1.89. The van der Waals surface area contributed by atoms with Crippen LogP contribution >= 0.6 is 11.8 Å². The van der Waals surface area contributed by atoms with E-state index in [-0.39, 0.29) is 4.90 Å². The van der Waals surface area contributed by atoms with Crippen molar-refractivity contribution >= 4 is 38.8 Å². The van der Waals surface area contributed by atoms with Crippen LogP contribution in [0.5, 0.6) is 0 Å². The van der Waals surface area contributed by atoms with E-state index in [1.165, 1.54) is 12.1 Å². The first kappa shape index (κ1) is 16.1. The van der Waals surface area contributed by atoms with E-state index in [2.05, 4.69) is 15.3 Å². The first-order chi connectivity index (χ1) is 9.71. The lowest BCUT2D eigenvalue weighted by Crippen LogP contribution is -2.36. The second-order valence-electron chi connectivity index (χ2n) is 5.09. The molecule has 116 valence electrons. The van der Waals surface area contributed by atoms with Crippen molar-refractivity contribution in [3.63, 3.8) is 0 Å². The summed E-state index contributed by atoms with van der Waals surface area (Å²) in [4.78, 5) is 7.27. The number of imidazole rings is 1. The smallest absolute Gasteiger partial charge is 0.238 e. The number of fused-ring (bicyclic) bond motifs is 1. The minimum absolute atomic E-state index is 0.0274. The van der Waals surface area contributed by atoms with Gasteiger partial charge in [-0.3, -0.25) is 0 Å². The van der Waals surface area contributed by atoms with Crippen molar-refractivity contribution in [2.45, 2.75) is 17.4 Å². The van der Waals surface area contributed by atoms with Gasteiger partial charge in [0, 0.05) is 12.3 Å². The Hall–Kier alpha value is -1.29. The summed E-state index contributed by atoms with van der Waals surface area (Å²) in [5, 5.41) is 18.2. The Balaban J connectivity index is 2.20. The van der Waals surface area contributed by atoms with Crippen LogP contribution in [0.1, 0.15) is 6.92 Å². The summed E-state index contributed by atoms with van der Waals surface area (Å²) < 4.78 is 22.6. The lowest BCUT2D eigenvalue weighted by molar-refractivity contribution is 0.0995. The van der Waals surface area contributed by atoms with Crippen LogP contribution in [0.4, 0.5) is 5.95 Å². The Labute approximate surface area is 127 Å². The molecule has 0 aliphatic heterocycles. The summed E-state index contributed by atoms with van der Waals surface area (Å²) in [6, 6.07) is 4.42. The molecule has 0 radical (unpaired) electrons. The Kier molecular flexibility index (Phi) is 4.47. The number of hydrogen-bond acceptors (Lipinski definition) is 6. The first-order valence-electron chi connectivity index (χ1n) is 6.19. The van der Waals surface area contributed by atoms with Crippen LogP contribution in [0.3, 0.4) is 0 Å². The Bertz CT molecular complexity index is 740. The van der Waals surface area contributed by atoms with E-state index in [1.807, 2.05) is 6.26 Å². The molecule has 0 aliphatic rings. The summed E-state index contributed by atoms with van der Waals surface area (Å²) in [6.07, 6.45) is 1.92. The fraction of sp³-hybridized carbons (Fsp3) is 0.417. The van der Waals surface area contributed by atoms with Gasteiger partial charge >= 0.3 is 0 Å². The molecule has 2 rings (SSSR count). The van der Waals surface area contributed by atoms with E-state index in [0.717, 1.165) is 0 Å². The lowest BCUT2D eigenvalue weighted by Gasteiger charge is -2.22. The molecule has 0 aliphatic carbocycles. The maximum Gasteiger partial charge on any atom is 0.238 e. The minimum Gasteiger partial charge on any atom is -0.387 e. The third-order valence-electron chi connectivity index (χ3n) is 2.87. The number of rotatable bonds is 6. The van der Waals surface area contributed by atoms with Gasteiger partial charge in [0.2, 0.25) is 16.0 Å². The van der Waals surface area contributed by atoms with E-state index in [0.29, 0.717) is 29.3 Å². The average Bonchev–Trinajstić information content (AvgIpc) is 2.77. The molecule has 0 saturated carbocycles. The SMILES string of the molecule is CSCC(C)(O)CNc1nc2ccc(S(N)(=O)=O)cc2[nH]1. The van der Waals surface area contributed by atoms with Crippen LogP contribution in [0.15, 0.2) is 23.1 Å². The maximum atomic E-state index is 11.3. The van der Waals surface area contributed by atoms with E-state index in [4.69, 9.17) is 5.14 Å². The van der Waals surface area contributed by atoms with Crippen molar-refractivity contribution in [3.8, 4) is 0 Å². The van der Waals surface area contributed by atoms with Crippen LogP contribution in [-0.2, 0) is 10.0 Å². The molecule has 1 unspecified atom stereocenters. The van der Waals surface area contributed by atoms with Crippen LogP contribution in [-0.4, -0.2) is 47.6 Å². The zero-order valence-electron chi connectivity index (χ0n) is 11.8. The zero-order chi connectivity index (χ0) is 15.7. The van der Waals surface area contributed by atoms with Gasteiger partial charge in [0.1, 0.15) is 0 Å². The number of nitrogens with one attached hydrogen (secondary N) is 2. The molecule has 21 heavy (non-hydrogen) atoms. The first-order valence-corrected chi connectivity index (χ1v) is 9.13. The molecule has 1 heterocycles. The van der Waals surface area contributed by atoms with Gasteiger partial charge in [-0.25, -0.2) is 18.5 Å². The monoisotopic (exact) mass is 330 g/mol. The second-order valence-corrected chi connectivity index (χ2v) is 7.52. The number of sulfonamides is 1. The predicted octanol–water partition coefficient (Wildman–Crippen LogP) is 0.736. The zero-order valence-corrected chi connectivity index (χ0v) is 13.4. The number of hydrogen-bond donors (Lipinski definition) is 4. The molecule has 0 amide bonds. The van der Waals surface area contributed by atoms with Gasteiger partial charge in [-0.1, -0.05) is 0 Å². The molecule has 0 saturated heterocycles. The van der Waals surface area contributed by atoms with Crippen LogP contribution in [0, 0.1) is 0 Å². The van der Waals surface area contributed by atoms with Gasteiger partial charge in [0.15, 0.2) is 0 Å². The summed E-state index contributed by atoms with van der Waals surface area (Å²) in [5.41, 5.74) is 0.326. The van der Waals surface area contributed by atoms with Crippen molar-refractivity contribution in [3.05, 3.63) is 18.2 Å². The van der Waals surface area contributed by atoms with Gasteiger partial charge in [-0.05, 0) is 31.4 Å². The molecule has 0 bridgehead atoms. The highest BCUT2D eigenvalue weighted by Gasteiger charge is 2.20. The van der Waals surface area contributed by atoms with E-state index in [9.17, 15) is 13.5 Å². The summed E-state index contributed by atoms with van der Waals surface area (Å²) in [5.74, 6) is 1.06. The van der Waals surface area contributed by atoms with Gasteiger partial charge < -0.3 is 15.4 Å². The topological polar surface area (TPSA) is 121 Å². The van der Waals surface area contributed by atoms with Crippen LogP contribution in [0.25, 0.3) is 11.0 Å². The average molecular weight is 330 g/mol. The molecular weight excluding hydrogens is 312 g/mol. The molecule has 0 fully saturated rings. The second kappa shape index (κ2) is 5.84. The minimum atomic E-state index is -3.74. The van der Waals surface area contributed by atoms with E-state index in [1.54, 1.807) is 24.8 Å². The number of nitrogens with two attached hydrogens (primary N) is 1. The lowest BCUT2D eigenvalue weighted by atomic mass is 10.1. The van der Waals surface area contributed by atoms with Gasteiger partial charge in [-0.2, -0.15) is 11.8 Å². The highest BCUT2D eigenvalue weighted by atomic mass is 32.2. The number of thioether (sulfide) groups is 1. The van der Waals surface area contributed by atoms with Crippen molar-refractivity contribution in [2.24, 2.45) is 5.14 Å². The third-order valence-corrected chi connectivity index (χ3v) is 4.70. The number of nitrogens with zero attached hydrogens (tertiary/aromatic N) is 1. The quantitative estimate of drug-likeness (QED) is 0.620. The molecule has 9 heteroatoms. The standard InChI is InChI=1S/C12H18N4O3S2/c1-12(17,7-20-2)6-14-11-15-9-4-3-8(21(13,18)19)5-10(9)16-11/h3-5,17H,6-7H2,1-2H3,(H2,13,18,19)(H2,14,15,16). The number of H-pyrrole nitrogens is 1. The van der Waals surface area contributed by atoms with Gasteiger partial charge in [-0.15, -0.1) is 0 Å². The summed E-state index contributed by atoms with van der Waals surface area (Å²) in [6.45, 7) is 2.06. The number of aromatic amines is 1. The number of aromatic nitrogens is 2. The van der Waals surface area contributed by atoms with Crippen LogP contribution in [0.2, 0.25) is 0 Å². The largest absolute Gasteiger partial charge is 0.387 e. The van der Waals surface area contributed by atoms with E-state index >= 15 is 0 Å². The number of primary sulfonamides is 1. The Morgan fingerprint density at radius 1 is 1.52 bits per heavy atom. The molecule has 2 aromatic rings. The number of aliphatic hydroxyl groups is 1. The van der Waals surface area contributed by atoms with Gasteiger partial charge in [0.05, 0.1) is 21.5 Å². The highest BCUT2D eigenvalue weighted by molar-refractivity contribution is 7.98. The predicted molar refractivity (Wildman–Crippen MR) is 85.0 cm³/mol. The highest BCUT2D eigenvalue weighted by Crippen LogP contribution is 2.19. The molecule has 1 aromatic heterocycles. The van der Waals surface area contributed by atoms with E-state index < -0.39 is 15.6 Å². The van der Waals surface area contributed by atoms with Crippen molar-refractivity contribution in [1.29, 1.82) is 0 Å². The fourth-order valence-corrected chi connectivity index (χ4v) is 3.15. The molecule has 1 aromatic carbocycles. The Morgan fingerprint density at radius 2 is 2.24 bits per heavy atom. The summed E-state index contributed by atoms with van der Waals surface area (Å²) >= 11 is 1.55. The van der Waals surface area contributed by atoms with Crippen LogP contribution < -0.4 is 10.5 Å². The van der Waals surface area contributed by atoms with Gasteiger partial charge in [0.25, 0.3) is 0 Å².